The summed E-state index contributed by atoms with van der Waals surface area (Å²) in [4.78, 5) is 13.7. The molecular weight excluding hydrogens is 234 g/mol. The molecule has 0 aliphatic rings. The number of nitrogens with one attached hydrogen (secondary N) is 1. The van der Waals surface area contributed by atoms with E-state index in [1.165, 1.54) is 0 Å². The van der Waals surface area contributed by atoms with Crippen molar-refractivity contribution in [2.75, 3.05) is 14.2 Å². The molecule has 0 spiro atoms. The highest BCUT2D eigenvalue weighted by Crippen LogP contribution is 2.32. The van der Waals surface area contributed by atoms with Crippen LogP contribution in [0.15, 0.2) is 18.3 Å². The van der Waals surface area contributed by atoms with Gasteiger partial charge in [-0.25, -0.2) is 0 Å². The van der Waals surface area contributed by atoms with E-state index in [0.717, 1.165) is 16.5 Å². The quantitative estimate of drug-likeness (QED) is 0.852. The molecule has 0 unspecified atom stereocenters. The Morgan fingerprint density at radius 3 is 2.72 bits per heavy atom. The summed E-state index contributed by atoms with van der Waals surface area (Å²) in [6.45, 7) is 0. The SMILES string of the molecule is COc1cc(OC)c2[nH]cc(CCC(=O)O)c2c1. The predicted octanol–water partition coefficient (Wildman–Crippen LogP) is 2.20. The van der Waals surface area contributed by atoms with Gasteiger partial charge < -0.3 is 19.6 Å². The number of rotatable bonds is 5. The van der Waals surface area contributed by atoms with Crippen molar-refractivity contribution in [1.82, 2.24) is 4.98 Å². The fourth-order valence-corrected chi connectivity index (χ4v) is 1.96. The van der Waals surface area contributed by atoms with Crippen LogP contribution in [0.5, 0.6) is 11.5 Å². The van der Waals surface area contributed by atoms with Crippen LogP contribution in [0.1, 0.15) is 12.0 Å². The van der Waals surface area contributed by atoms with Crippen molar-refractivity contribution in [2.45, 2.75) is 12.8 Å². The van der Waals surface area contributed by atoms with Gasteiger partial charge in [0.1, 0.15) is 11.5 Å². The van der Waals surface area contributed by atoms with Crippen LogP contribution in [0, 0.1) is 0 Å². The second-order valence-electron chi connectivity index (χ2n) is 3.96. The third kappa shape index (κ3) is 2.25. The topological polar surface area (TPSA) is 71.5 Å². The third-order valence-electron chi connectivity index (χ3n) is 2.88. The van der Waals surface area contributed by atoms with Crippen molar-refractivity contribution >= 4 is 16.9 Å². The third-order valence-corrected chi connectivity index (χ3v) is 2.88. The number of H-pyrrole nitrogens is 1. The molecule has 0 aliphatic carbocycles. The van der Waals surface area contributed by atoms with Gasteiger partial charge in [0.25, 0.3) is 0 Å². The number of carboxylic acids is 1. The molecule has 0 aliphatic heterocycles. The summed E-state index contributed by atoms with van der Waals surface area (Å²) in [7, 11) is 3.18. The highest BCUT2D eigenvalue weighted by atomic mass is 16.5. The lowest BCUT2D eigenvalue weighted by atomic mass is 10.1. The average Bonchev–Trinajstić information content (AvgIpc) is 2.78. The number of aromatic nitrogens is 1. The van der Waals surface area contributed by atoms with Crippen molar-refractivity contribution in [1.29, 1.82) is 0 Å². The molecule has 0 bridgehead atoms. The summed E-state index contributed by atoms with van der Waals surface area (Å²) in [6, 6.07) is 3.67. The minimum atomic E-state index is -0.806. The average molecular weight is 249 g/mol. The van der Waals surface area contributed by atoms with Gasteiger partial charge in [0, 0.05) is 24.1 Å². The molecule has 0 radical (unpaired) electrons. The van der Waals surface area contributed by atoms with E-state index >= 15 is 0 Å². The number of hydrogen-bond donors (Lipinski definition) is 2. The molecule has 0 saturated carbocycles. The molecule has 1 aromatic heterocycles. The molecule has 2 rings (SSSR count). The van der Waals surface area contributed by atoms with E-state index in [-0.39, 0.29) is 6.42 Å². The van der Waals surface area contributed by atoms with Crippen LogP contribution in [0.3, 0.4) is 0 Å². The van der Waals surface area contributed by atoms with Crippen LogP contribution in [-0.2, 0) is 11.2 Å². The number of aliphatic carboxylic acids is 1. The summed E-state index contributed by atoms with van der Waals surface area (Å²) in [5, 5.41) is 9.66. The smallest absolute Gasteiger partial charge is 0.303 e. The Balaban J connectivity index is 2.46. The van der Waals surface area contributed by atoms with Gasteiger partial charge in [0.2, 0.25) is 0 Å². The van der Waals surface area contributed by atoms with Gasteiger partial charge in [0.15, 0.2) is 0 Å². The highest BCUT2D eigenvalue weighted by molar-refractivity contribution is 5.90. The molecule has 0 amide bonds. The molecule has 18 heavy (non-hydrogen) atoms. The molecule has 2 aromatic rings. The lowest BCUT2D eigenvalue weighted by Crippen LogP contribution is -1.96. The van der Waals surface area contributed by atoms with Crippen molar-refractivity contribution < 1.29 is 19.4 Å². The van der Waals surface area contributed by atoms with E-state index < -0.39 is 5.97 Å². The largest absolute Gasteiger partial charge is 0.497 e. The van der Waals surface area contributed by atoms with Crippen molar-refractivity contribution in [3.8, 4) is 11.5 Å². The maximum atomic E-state index is 10.6. The molecule has 5 nitrogen and oxygen atoms in total. The lowest BCUT2D eigenvalue weighted by Gasteiger charge is -2.06. The standard InChI is InChI=1S/C13H15NO4/c1-17-9-5-10-8(3-4-12(15)16)7-14-13(10)11(6-9)18-2/h5-7,14H,3-4H2,1-2H3,(H,15,16). The number of fused-ring (bicyclic) bond motifs is 1. The van der Waals surface area contributed by atoms with Crippen LogP contribution < -0.4 is 9.47 Å². The molecule has 96 valence electrons. The Morgan fingerprint density at radius 2 is 2.11 bits per heavy atom. The Hall–Kier alpha value is -2.17. The van der Waals surface area contributed by atoms with Crippen LogP contribution in [0.4, 0.5) is 0 Å². The van der Waals surface area contributed by atoms with Gasteiger partial charge in [-0.05, 0) is 18.1 Å². The van der Waals surface area contributed by atoms with Crippen LogP contribution in [0.2, 0.25) is 0 Å². The maximum absolute atomic E-state index is 10.6. The molecular formula is C13H15NO4. The van der Waals surface area contributed by atoms with Crippen LogP contribution in [0.25, 0.3) is 10.9 Å². The van der Waals surface area contributed by atoms with Gasteiger partial charge in [-0.3, -0.25) is 4.79 Å². The molecule has 0 atom stereocenters. The van der Waals surface area contributed by atoms with E-state index in [0.29, 0.717) is 17.9 Å². The number of carboxylic acid groups (broad SMARTS) is 1. The second kappa shape index (κ2) is 5.00. The number of aromatic amines is 1. The minimum absolute atomic E-state index is 0.104. The van der Waals surface area contributed by atoms with Crippen molar-refractivity contribution in [2.24, 2.45) is 0 Å². The first-order valence-corrected chi connectivity index (χ1v) is 5.59. The number of aryl methyl sites for hydroxylation is 1. The van der Waals surface area contributed by atoms with Crippen LogP contribution >= 0.6 is 0 Å². The van der Waals surface area contributed by atoms with E-state index in [4.69, 9.17) is 14.6 Å². The second-order valence-corrected chi connectivity index (χ2v) is 3.96. The van der Waals surface area contributed by atoms with E-state index in [2.05, 4.69) is 4.98 Å². The van der Waals surface area contributed by atoms with Crippen LogP contribution in [-0.4, -0.2) is 30.3 Å². The summed E-state index contributed by atoms with van der Waals surface area (Å²) in [6.07, 6.45) is 2.40. The predicted molar refractivity (Wildman–Crippen MR) is 67.4 cm³/mol. The molecule has 0 saturated heterocycles. The number of benzene rings is 1. The molecule has 2 N–H and O–H groups in total. The number of methoxy groups -OCH3 is 2. The molecule has 1 aromatic carbocycles. The van der Waals surface area contributed by atoms with Crippen molar-refractivity contribution in [3.63, 3.8) is 0 Å². The van der Waals surface area contributed by atoms with Crippen molar-refractivity contribution in [3.05, 3.63) is 23.9 Å². The number of ether oxygens (including phenoxy) is 2. The zero-order valence-corrected chi connectivity index (χ0v) is 10.3. The zero-order chi connectivity index (χ0) is 13.1. The Labute approximate surface area is 104 Å². The Kier molecular flexibility index (Phi) is 3.41. The first-order valence-electron chi connectivity index (χ1n) is 5.59. The highest BCUT2D eigenvalue weighted by Gasteiger charge is 2.11. The molecule has 0 fully saturated rings. The normalized spacial score (nSPS) is 10.6. The fraction of sp³-hybridized carbons (Fsp3) is 0.308. The molecule has 5 heteroatoms. The van der Waals surface area contributed by atoms with Gasteiger partial charge in [-0.2, -0.15) is 0 Å². The summed E-state index contributed by atoms with van der Waals surface area (Å²) in [5.41, 5.74) is 1.81. The number of hydrogen-bond acceptors (Lipinski definition) is 3. The van der Waals surface area contributed by atoms with E-state index in [1.807, 2.05) is 12.3 Å². The first-order chi connectivity index (χ1) is 8.65. The zero-order valence-electron chi connectivity index (χ0n) is 10.3. The maximum Gasteiger partial charge on any atom is 0.303 e. The summed E-state index contributed by atoms with van der Waals surface area (Å²) < 4.78 is 10.5. The number of carbonyl (C=O) groups is 1. The lowest BCUT2D eigenvalue weighted by molar-refractivity contribution is -0.136. The van der Waals surface area contributed by atoms with Gasteiger partial charge in [-0.15, -0.1) is 0 Å². The van der Waals surface area contributed by atoms with Gasteiger partial charge >= 0.3 is 5.97 Å². The Morgan fingerprint density at radius 1 is 1.33 bits per heavy atom. The Bertz CT molecular complexity index is 574. The fourth-order valence-electron chi connectivity index (χ4n) is 1.96. The summed E-state index contributed by atoms with van der Waals surface area (Å²) in [5.74, 6) is 0.570. The first kappa shape index (κ1) is 12.3. The monoisotopic (exact) mass is 249 g/mol. The molecule has 1 heterocycles. The van der Waals surface area contributed by atoms with Gasteiger partial charge in [-0.1, -0.05) is 0 Å². The van der Waals surface area contributed by atoms with Gasteiger partial charge in [0.05, 0.1) is 19.7 Å². The minimum Gasteiger partial charge on any atom is -0.497 e. The summed E-state index contributed by atoms with van der Waals surface area (Å²) >= 11 is 0. The van der Waals surface area contributed by atoms with E-state index in [9.17, 15) is 4.79 Å². The van der Waals surface area contributed by atoms with E-state index in [1.54, 1.807) is 20.3 Å².